The molecule has 1 saturated heterocycles. The van der Waals surface area contributed by atoms with E-state index in [4.69, 9.17) is 14.7 Å². The summed E-state index contributed by atoms with van der Waals surface area (Å²) in [7, 11) is 0. The molecule has 0 spiro atoms. The van der Waals surface area contributed by atoms with Crippen molar-refractivity contribution >= 4 is 22.8 Å². The lowest BCUT2D eigenvalue weighted by Crippen LogP contribution is -2.43. The Morgan fingerprint density at radius 3 is 2.74 bits per heavy atom. The fourth-order valence-corrected chi connectivity index (χ4v) is 4.02. The molecular formula is C25H30N4O2. The van der Waals surface area contributed by atoms with Crippen molar-refractivity contribution in [1.29, 1.82) is 0 Å². The molecule has 2 aromatic carbocycles. The largest absolute Gasteiger partial charge is 0.475 e. The number of aryl methyl sites for hydroxylation is 1. The summed E-state index contributed by atoms with van der Waals surface area (Å²) >= 11 is 0. The predicted molar refractivity (Wildman–Crippen MR) is 123 cm³/mol. The number of para-hydroxylation sites is 2. The molecule has 0 radical (unpaired) electrons. The van der Waals surface area contributed by atoms with Crippen molar-refractivity contribution in [3.63, 3.8) is 0 Å². The first-order valence-electron chi connectivity index (χ1n) is 11.1. The lowest BCUT2D eigenvalue weighted by Gasteiger charge is -2.33. The van der Waals surface area contributed by atoms with E-state index in [1.54, 1.807) is 0 Å². The van der Waals surface area contributed by atoms with Gasteiger partial charge in [-0.25, -0.2) is 9.97 Å². The highest BCUT2D eigenvalue weighted by Gasteiger charge is 2.28. The third kappa shape index (κ3) is 5.13. The highest BCUT2D eigenvalue weighted by molar-refractivity contribution is 5.80. The maximum Gasteiger partial charge on any atom is 0.258 e. The highest BCUT2D eigenvalue weighted by Crippen LogP contribution is 2.30. The number of hydrogen-bond donors (Lipinski definition) is 1. The van der Waals surface area contributed by atoms with E-state index < -0.39 is 0 Å². The summed E-state index contributed by atoms with van der Waals surface area (Å²) in [6, 6.07) is 16.1. The highest BCUT2D eigenvalue weighted by atomic mass is 16.5. The van der Waals surface area contributed by atoms with Gasteiger partial charge >= 0.3 is 0 Å². The van der Waals surface area contributed by atoms with E-state index in [0.29, 0.717) is 25.6 Å². The number of carbonyl (C=O) groups is 1. The second-order valence-corrected chi connectivity index (χ2v) is 8.18. The molecule has 1 N–H and O–H groups in total. The van der Waals surface area contributed by atoms with E-state index in [9.17, 15) is 4.79 Å². The molecule has 3 aromatic rings. The van der Waals surface area contributed by atoms with Crippen LogP contribution in [0.2, 0.25) is 0 Å². The number of nitrogens with one attached hydrogen (secondary N) is 1. The van der Waals surface area contributed by atoms with Crippen molar-refractivity contribution in [2.75, 3.05) is 24.6 Å². The number of rotatable bonds is 7. The smallest absolute Gasteiger partial charge is 0.258 e. The number of nitrogens with zero attached hydrogens (tertiary/aromatic N) is 3. The normalized spacial score (nSPS) is 16.3. The molecule has 6 heteroatoms. The van der Waals surface area contributed by atoms with E-state index in [1.165, 1.54) is 5.56 Å². The maximum atomic E-state index is 12.9. The lowest BCUT2D eigenvalue weighted by atomic mass is 9.97. The Hall–Kier alpha value is -3.15. The number of piperidine rings is 1. The summed E-state index contributed by atoms with van der Waals surface area (Å²) in [5, 5.41) is 3.11. The minimum Gasteiger partial charge on any atom is -0.475 e. The molecule has 0 bridgehead atoms. The quantitative estimate of drug-likeness (QED) is 0.621. The summed E-state index contributed by atoms with van der Waals surface area (Å²) in [6.45, 7) is 6.75. The molecule has 4 rings (SSSR count). The van der Waals surface area contributed by atoms with Crippen LogP contribution in [0.4, 0.5) is 5.82 Å². The van der Waals surface area contributed by atoms with Crippen LogP contribution in [-0.4, -0.2) is 35.6 Å². The van der Waals surface area contributed by atoms with Gasteiger partial charge in [-0.1, -0.05) is 48.9 Å². The van der Waals surface area contributed by atoms with Crippen LogP contribution in [0.1, 0.15) is 37.3 Å². The van der Waals surface area contributed by atoms with Crippen LogP contribution in [0.15, 0.2) is 48.5 Å². The summed E-state index contributed by atoms with van der Waals surface area (Å²) in [6.07, 6.45) is 2.71. The van der Waals surface area contributed by atoms with Crippen LogP contribution in [0.3, 0.4) is 0 Å². The van der Waals surface area contributed by atoms with Gasteiger partial charge in [0.05, 0.1) is 23.6 Å². The van der Waals surface area contributed by atoms with Gasteiger partial charge in [0.1, 0.15) is 0 Å². The second-order valence-electron chi connectivity index (χ2n) is 8.18. The molecule has 1 unspecified atom stereocenters. The number of aromatic nitrogens is 2. The number of carbonyl (C=O) groups excluding carboxylic acids is 1. The minimum absolute atomic E-state index is 0.0779. The summed E-state index contributed by atoms with van der Waals surface area (Å²) in [5.74, 6) is 1.31. The van der Waals surface area contributed by atoms with Crippen LogP contribution < -0.4 is 15.0 Å². The SMILES string of the molecule is CCCOc1nc2ccccc2nc1N1CCCC(C(=O)NCc2cccc(C)c2)C1. The summed E-state index contributed by atoms with van der Waals surface area (Å²) < 4.78 is 5.94. The minimum atomic E-state index is -0.0779. The molecule has 0 saturated carbocycles. The molecule has 1 aliphatic heterocycles. The van der Waals surface area contributed by atoms with Crippen LogP contribution in [0, 0.1) is 12.8 Å². The molecular weight excluding hydrogens is 388 g/mol. The van der Waals surface area contributed by atoms with Crippen molar-refractivity contribution in [2.24, 2.45) is 5.92 Å². The number of amides is 1. The first kappa shape index (κ1) is 21.1. The Bertz CT molecular complexity index is 1050. The predicted octanol–water partition coefficient (Wildman–Crippen LogP) is 4.26. The lowest BCUT2D eigenvalue weighted by molar-refractivity contribution is -0.125. The van der Waals surface area contributed by atoms with Crippen LogP contribution in [0.25, 0.3) is 11.0 Å². The fourth-order valence-electron chi connectivity index (χ4n) is 4.02. The molecule has 1 atom stereocenters. The third-order valence-electron chi connectivity index (χ3n) is 5.61. The number of anilines is 1. The van der Waals surface area contributed by atoms with Gasteiger partial charge in [-0.05, 0) is 43.9 Å². The zero-order chi connectivity index (χ0) is 21.6. The Kier molecular flexibility index (Phi) is 6.65. The molecule has 6 nitrogen and oxygen atoms in total. The molecule has 162 valence electrons. The Labute approximate surface area is 183 Å². The van der Waals surface area contributed by atoms with E-state index in [1.807, 2.05) is 36.4 Å². The molecule has 1 fully saturated rings. The van der Waals surface area contributed by atoms with Gasteiger partial charge in [0, 0.05) is 19.6 Å². The Morgan fingerprint density at radius 1 is 1.16 bits per heavy atom. The van der Waals surface area contributed by atoms with Gasteiger partial charge in [0.25, 0.3) is 5.88 Å². The first-order valence-corrected chi connectivity index (χ1v) is 11.1. The van der Waals surface area contributed by atoms with Crippen molar-refractivity contribution in [1.82, 2.24) is 15.3 Å². The van der Waals surface area contributed by atoms with Crippen LogP contribution in [0.5, 0.6) is 5.88 Å². The van der Waals surface area contributed by atoms with Gasteiger partial charge in [-0.2, -0.15) is 0 Å². The summed E-state index contributed by atoms with van der Waals surface area (Å²) in [5.41, 5.74) is 3.98. The van der Waals surface area contributed by atoms with Gasteiger partial charge in [0.15, 0.2) is 5.82 Å². The van der Waals surface area contributed by atoms with E-state index in [2.05, 4.69) is 36.2 Å². The van der Waals surface area contributed by atoms with Crippen molar-refractivity contribution in [2.45, 2.75) is 39.7 Å². The average molecular weight is 419 g/mol. The average Bonchev–Trinajstić information content (AvgIpc) is 2.80. The molecule has 2 heterocycles. The van der Waals surface area contributed by atoms with Crippen molar-refractivity contribution < 1.29 is 9.53 Å². The zero-order valence-electron chi connectivity index (χ0n) is 18.3. The van der Waals surface area contributed by atoms with Gasteiger partial charge < -0.3 is 15.0 Å². The zero-order valence-corrected chi connectivity index (χ0v) is 18.3. The molecule has 1 amide bonds. The van der Waals surface area contributed by atoms with E-state index in [-0.39, 0.29) is 11.8 Å². The first-order chi connectivity index (χ1) is 15.1. The van der Waals surface area contributed by atoms with Gasteiger partial charge in [-0.3, -0.25) is 4.79 Å². The van der Waals surface area contributed by atoms with Crippen LogP contribution >= 0.6 is 0 Å². The number of hydrogen-bond acceptors (Lipinski definition) is 5. The monoisotopic (exact) mass is 418 g/mol. The van der Waals surface area contributed by atoms with E-state index >= 15 is 0 Å². The standard InChI is InChI=1S/C25H30N4O2/c1-3-14-31-25-23(27-21-11-4-5-12-22(21)28-25)29-13-7-10-20(17-29)24(30)26-16-19-9-6-8-18(2)15-19/h4-6,8-9,11-12,15,20H,3,7,10,13-14,16-17H2,1-2H3,(H,26,30). The number of benzene rings is 2. The van der Waals surface area contributed by atoms with Gasteiger partial charge in [0.2, 0.25) is 5.91 Å². The molecule has 1 aliphatic rings. The number of ether oxygens (including phenoxy) is 1. The fraction of sp³-hybridized carbons (Fsp3) is 0.400. The van der Waals surface area contributed by atoms with Crippen LogP contribution in [-0.2, 0) is 11.3 Å². The molecule has 0 aliphatic carbocycles. The maximum absolute atomic E-state index is 12.9. The third-order valence-corrected chi connectivity index (χ3v) is 5.61. The van der Waals surface area contributed by atoms with E-state index in [0.717, 1.165) is 48.2 Å². The number of fused-ring (bicyclic) bond motifs is 1. The van der Waals surface area contributed by atoms with Gasteiger partial charge in [-0.15, -0.1) is 0 Å². The second kappa shape index (κ2) is 9.77. The molecule has 31 heavy (non-hydrogen) atoms. The summed E-state index contributed by atoms with van der Waals surface area (Å²) in [4.78, 5) is 24.6. The Morgan fingerprint density at radius 2 is 1.97 bits per heavy atom. The topological polar surface area (TPSA) is 67.4 Å². The van der Waals surface area contributed by atoms with Crippen molar-refractivity contribution in [3.8, 4) is 5.88 Å². The molecule has 1 aromatic heterocycles. The van der Waals surface area contributed by atoms with Crippen molar-refractivity contribution in [3.05, 3.63) is 59.7 Å². The Balaban J connectivity index is 1.49.